The molecular formula is C22H34N2O7S. The molecule has 0 aromatic heterocycles. The van der Waals surface area contributed by atoms with Crippen LogP contribution in [0.4, 0.5) is 0 Å². The van der Waals surface area contributed by atoms with E-state index in [4.69, 9.17) is 9.47 Å². The molecule has 2 atom stereocenters. The lowest BCUT2D eigenvalue weighted by atomic mass is 10.1. The third-order valence-corrected chi connectivity index (χ3v) is 5.82. The first-order valence-corrected chi connectivity index (χ1v) is 11.3. The average molecular weight is 471 g/mol. The minimum Gasteiger partial charge on any atom is -0.504 e. The van der Waals surface area contributed by atoms with Crippen LogP contribution in [0, 0.1) is 0 Å². The van der Waals surface area contributed by atoms with Crippen LogP contribution in [0.1, 0.15) is 39.2 Å². The van der Waals surface area contributed by atoms with Gasteiger partial charge in [0.2, 0.25) is 5.91 Å². The summed E-state index contributed by atoms with van der Waals surface area (Å²) in [5.41, 5.74) is 0.884. The summed E-state index contributed by atoms with van der Waals surface area (Å²) in [7, 11) is 2.71. The normalized spacial score (nSPS) is 13.2. The molecule has 1 aromatic carbocycles. The van der Waals surface area contributed by atoms with Gasteiger partial charge in [0.15, 0.2) is 11.5 Å². The van der Waals surface area contributed by atoms with Crippen LogP contribution in [0.25, 0.3) is 0 Å². The molecule has 0 aliphatic carbocycles. The predicted molar refractivity (Wildman–Crippen MR) is 123 cm³/mol. The Balaban J connectivity index is 2.68. The standard InChI is InChI=1S/C22H34N2O7S/c1-22(2,3)32-13-16(21(29)31-5)24-20(28)15(12-19(26)27)23-10-6-7-14-8-9-18(30-4)17(25)11-14/h8-9,11,15-16,23,25H,6-7,10,12-13H2,1-5H3,(H,24,28)(H,26,27). The maximum atomic E-state index is 12.7. The first kappa shape index (κ1) is 27.6. The number of aryl methyl sites for hydroxylation is 1. The minimum absolute atomic E-state index is 0.0445. The van der Waals surface area contributed by atoms with Crippen LogP contribution in [0.2, 0.25) is 0 Å². The number of aromatic hydroxyl groups is 1. The number of hydrogen-bond donors (Lipinski definition) is 4. The van der Waals surface area contributed by atoms with Gasteiger partial charge in [-0.1, -0.05) is 26.8 Å². The molecule has 9 nitrogen and oxygen atoms in total. The smallest absolute Gasteiger partial charge is 0.329 e. The van der Waals surface area contributed by atoms with Crippen molar-refractivity contribution in [3.63, 3.8) is 0 Å². The van der Waals surface area contributed by atoms with Crippen molar-refractivity contribution in [2.45, 2.75) is 56.9 Å². The van der Waals surface area contributed by atoms with E-state index in [1.807, 2.05) is 26.8 Å². The average Bonchev–Trinajstić information content (AvgIpc) is 2.71. The molecule has 0 saturated heterocycles. The van der Waals surface area contributed by atoms with Crippen molar-refractivity contribution in [3.05, 3.63) is 23.8 Å². The van der Waals surface area contributed by atoms with E-state index in [2.05, 4.69) is 10.6 Å². The third kappa shape index (κ3) is 10.2. The highest BCUT2D eigenvalue weighted by Gasteiger charge is 2.28. The number of rotatable bonds is 13. The number of carboxylic acids is 1. The van der Waals surface area contributed by atoms with Crippen LogP contribution in [0.5, 0.6) is 11.5 Å². The Bertz CT molecular complexity index is 780. The molecule has 0 radical (unpaired) electrons. The van der Waals surface area contributed by atoms with E-state index in [1.165, 1.54) is 26.0 Å². The van der Waals surface area contributed by atoms with Crippen LogP contribution < -0.4 is 15.4 Å². The number of benzene rings is 1. The number of hydrogen-bond acceptors (Lipinski definition) is 8. The first-order chi connectivity index (χ1) is 15.0. The highest BCUT2D eigenvalue weighted by Crippen LogP contribution is 2.26. The van der Waals surface area contributed by atoms with Gasteiger partial charge in [0.25, 0.3) is 0 Å². The molecule has 1 aromatic rings. The van der Waals surface area contributed by atoms with Crippen LogP contribution in [-0.4, -0.2) is 71.4 Å². The second kappa shape index (κ2) is 13.2. The Morgan fingerprint density at radius 3 is 2.38 bits per heavy atom. The lowest BCUT2D eigenvalue weighted by Gasteiger charge is -2.24. The summed E-state index contributed by atoms with van der Waals surface area (Å²) in [5.74, 6) is -1.54. The number of carboxylic acid groups (broad SMARTS) is 1. The van der Waals surface area contributed by atoms with Crippen LogP contribution in [0.3, 0.4) is 0 Å². The molecule has 2 unspecified atom stereocenters. The Labute approximate surface area is 193 Å². The number of thioether (sulfide) groups is 1. The van der Waals surface area contributed by atoms with Crippen molar-refractivity contribution in [1.82, 2.24) is 10.6 Å². The number of aliphatic carboxylic acids is 1. The summed E-state index contributed by atoms with van der Waals surface area (Å²) < 4.78 is 9.68. The van der Waals surface area contributed by atoms with Gasteiger partial charge in [0, 0.05) is 10.5 Å². The largest absolute Gasteiger partial charge is 0.504 e. The summed E-state index contributed by atoms with van der Waals surface area (Å²) in [6, 6.07) is 3.23. The Kier molecular flexibility index (Phi) is 11.3. The van der Waals surface area contributed by atoms with E-state index in [0.717, 1.165) is 5.56 Å². The fourth-order valence-corrected chi connectivity index (χ4v) is 3.69. The zero-order valence-corrected chi connectivity index (χ0v) is 20.1. The number of ether oxygens (including phenoxy) is 2. The number of nitrogens with one attached hydrogen (secondary N) is 2. The van der Waals surface area contributed by atoms with E-state index in [-0.39, 0.29) is 10.5 Å². The molecule has 0 bridgehead atoms. The van der Waals surface area contributed by atoms with Crippen LogP contribution >= 0.6 is 11.8 Å². The monoisotopic (exact) mass is 470 g/mol. The number of carbonyl (C=O) groups excluding carboxylic acids is 2. The molecule has 180 valence electrons. The number of amides is 1. The summed E-state index contributed by atoms with van der Waals surface area (Å²) in [6.07, 6.45) is 0.796. The van der Waals surface area contributed by atoms with E-state index in [1.54, 1.807) is 12.1 Å². The van der Waals surface area contributed by atoms with Crippen molar-refractivity contribution < 1.29 is 34.1 Å². The van der Waals surface area contributed by atoms with E-state index in [0.29, 0.717) is 30.9 Å². The topological polar surface area (TPSA) is 134 Å². The molecule has 4 N–H and O–H groups in total. The molecule has 0 spiro atoms. The summed E-state index contributed by atoms with van der Waals surface area (Å²) in [4.78, 5) is 36.0. The first-order valence-electron chi connectivity index (χ1n) is 10.3. The second-order valence-electron chi connectivity index (χ2n) is 8.22. The predicted octanol–water partition coefficient (Wildman–Crippen LogP) is 1.96. The van der Waals surface area contributed by atoms with E-state index >= 15 is 0 Å². The van der Waals surface area contributed by atoms with Gasteiger partial charge in [-0.3, -0.25) is 9.59 Å². The van der Waals surface area contributed by atoms with Gasteiger partial charge in [-0.15, -0.1) is 0 Å². The molecular weight excluding hydrogens is 436 g/mol. The van der Waals surface area contributed by atoms with Crippen molar-refractivity contribution >= 4 is 29.6 Å². The molecule has 32 heavy (non-hydrogen) atoms. The van der Waals surface area contributed by atoms with Gasteiger partial charge in [0.1, 0.15) is 6.04 Å². The van der Waals surface area contributed by atoms with Gasteiger partial charge in [-0.05, 0) is 37.1 Å². The molecule has 0 aliphatic heterocycles. The van der Waals surface area contributed by atoms with Crippen molar-refractivity contribution in [1.29, 1.82) is 0 Å². The van der Waals surface area contributed by atoms with Crippen molar-refractivity contribution in [2.75, 3.05) is 26.5 Å². The molecule has 0 saturated carbocycles. The number of phenolic OH excluding ortho intramolecular Hbond substituents is 1. The van der Waals surface area contributed by atoms with Gasteiger partial charge in [0.05, 0.1) is 26.7 Å². The number of phenols is 1. The lowest BCUT2D eigenvalue weighted by molar-refractivity contribution is -0.145. The lowest BCUT2D eigenvalue weighted by Crippen LogP contribution is -2.52. The highest BCUT2D eigenvalue weighted by atomic mass is 32.2. The van der Waals surface area contributed by atoms with Crippen LogP contribution in [-0.2, 0) is 25.5 Å². The van der Waals surface area contributed by atoms with E-state index in [9.17, 15) is 24.6 Å². The Morgan fingerprint density at radius 2 is 1.84 bits per heavy atom. The number of esters is 1. The summed E-state index contributed by atoms with van der Waals surface area (Å²) in [5, 5.41) is 24.6. The SMILES string of the molecule is COC(=O)C(CSC(C)(C)C)NC(=O)C(CC(=O)O)NCCCc1ccc(OC)c(O)c1. The number of methoxy groups -OCH3 is 2. The number of carbonyl (C=O) groups is 3. The highest BCUT2D eigenvalue weighted by molar-refractivity contribution is 8.00. The van der Waals surface area contributed by atoms with Crippen molar-refractivity contribution in [3.8, 4) is 11.5 Å². The Hall–Kier alpha value is -2.46. The van der Waals surface area contributed by atoms with E-state index < -0.39 is 36.4 Å². The second-order valence-corrected chi connectivity index (χ2v) is 10.1. The van der Waals surface area contributed by atoms with Gasteiger partial charge in [-0.25, -0.2) is 4.79 Å². The molecule has 0 fully saturated rings. The molecule has 10 heteroatoms. The van der Waals surface area contributed by atoms with Gasteiger partial charge >= 0.3 is 11.9 Å². The van der Waals surface area contributed by atoms with Crippen LogP contribution in [0.15, 0.2) is 18.2 Å². The fourth-order valence-electron chi connectivity index (χ4n) is 2.81. The summed E-state index contributed by atoms with van der Waals surface area (Å²) in [6.45, 7) is 6.35. The zero-order valence-electron chi connectivity index (χ0n) is 19.3. The zero-order chi connectivity index (χ0) is 24.3. The molecule has 1 rings (SSSR count). The van der Waals surface area contributed by atoms with Gasteiger partial charge < -0.3 is 30.3 Å². The summed E-state index contributed by atoms with van der Waals surface area (Å²) >= 11 is 1.49. The molecule has 0 heterocycles. The van der Waals surface area contributed by atoms with Crippen molar-refractivity contribution in [2.24, 2.45) is 0 Å². The molecule has 1 amide bonds. The minimum atomic E-state index is -1.13. The Morgan fingerprint density at radius 1 is 1.16 bits per heavy atom. The maximum absolute atomic E-state index is 12.7. The van der Waals surface area contributed by atoms with Gasteiger partial charge in [-0.2, -0.15) is 11.8 Å². The fraction of sp³-hybridized carbons (Fsp3) is 0.591. The third-order valence-electron chi connectivity index (χ3n) is 4.46. The molecule has 0 aliphatic rings. The quantitative estimate of drug-likeness (QED) is 0.252. The maximum Gasteiger partial charge on any atom is 0.329 e.